The van der Waals surface area contributed by atoms with Crippen molar-refractivity contribution in [2.75, 3.05) is 11.9 Å². The molecule has 1 unspecified atom stereocenters. The summed E-state index contributed by atoms with van der Waals surface area (Å²) in [5.74, 6) is -1.31. The molecule has 0 bridgehead atoms. The number of benzene rings is 1. The summed E-state index contributed by atoms with van der Waals surface area (Å²) in [5.41, 5.74) is -1.20. The second-order valence-corrected chi connectivity index (χ2v) is 4.46. The number of anilines is 1. The minimum absolute atomic E-state index is 0.00478. The van der Waals surface area contributed by atoms with Gasteiger partial charge in [0.25, 0.3) is 0 Å². The largest absolute Gasteiger partial charge is 0.388 e. The molecule has 1 aromatic rings. The fourth-order valence-corrected chi connectivity index (χ4v) is 1.14. The smallest absolute Gasteiger partial charge is 0.149 e. The first-order chi connectivity index (χ1) is 7.34. The molecule has 0 aliphatic rings. The van der Waals surface area contributed by atoms with E-state index in [2.05, 4.69) is 5.32 Å². The molecule has 0 aliphatic heterocycles. The van der Waals surface area contributed by atoms with Crippen LogP contribution in [0.25, 0.3) is 0 Å². The Bertz CT molecular complexity index is 344. The van der Waals surface area contributed by atoms with E-state index in [4.69, 9.17) is 0 Å². The lowest BCUT2D eigenvalue weighted by molar-refractivity contribution is 0.0265. The standard InChI is InChI=1S/C12H17F2NO/c1-8(2)12(3,16)7-15-11-9(13)5-4-6-10(11)14/h4-6,8,15-16H,7H2,1-3H3. The second kappa shape index (κ2) is 4.78. The van der Waals surface area contributed by atoms with Gasteiger partial charge in [-0.2, -0.15) is 0 Å². The van der Waals surface area contributed by atoms with Crippen molar-refractivity contribution in [3.63, 3.8) is 0 Å². The van der Waals surface area contributed by atoms with Crippen molar-refractivity contribution in [2.24, 2.45) is 5.92 Å². The second-order valence-electron chi connectivity index (χ2n) is 4.46. The Morgan fingerprint density at radius 2 is 1.81 bits per heavy atom. The van der Waals surface area contributed by atoms with Crippen LogP contribution in [0.1, 0.15) is 20.8 Å². The van der Waals surface area contributed by atoms with Gasteiger partial charge in [-0.1, -0.05) is 19.9 Å². The fourth-order valence-electron chi connectivity index (χ4n) is 1.14. The highest BCUT2D eigenvalue weighted by Crippen LogP contribution is 2.21. The number of para-hydroxylation sites is 1. The molecule has 1 atom stereocenters. The van der Waals surface area contributed by atoms with Gasteiger partial charge in [0, 0.05) is 6.54 Å². The molecule has 0 radical (unpaired) electrons. The van der Waals surface area contributed by atoms with Gasteiger partial charge in [0.15, 0.2) is 0 Å². The zero-order valence-electron chi connectivity index (χ0n) is 9.72. The summed E-state index contributed by atoms with van der Waals surface area (Å²) in [6.45, 7) is 5.42. The van der Waals surface area contributed by atoms with Crippen LogP contribution < -0.4 is 5.32 Å². The van der Waals surface area contributed by atoms with E-state index in [9.17, 15) is 13.9 Å². The van der Waals surface area contributed by atoms with Crippen molar-refractivity contribution in [3.05, 3.63) is 29.8 Å². The van der Waals surface area contributed by atoms with Crippen molar-refractivity contribution in [1.82, 2.24) is 0 Å². The number of hydrogen-bond acceptors (Lipinski definition) is 2. The summed E-state index contributed by atoms with van der Waals surface area (Å²) in [7, 11) is 0. The quantitative estimate of drug-likeness (QED) is 0.832. The number of nitrogens with one attached hydrogen (secondary N) is 1. The molecule has 0 aromatic heterocycles. The van der Waals surface area contributed by atoms with Gasteiger partial charge in [-0.25, -0.2) is 8.78 Å². The molecule has 1 rings (SSSR count). The van der Waals surface area contributed by atoms with Crippen LogP contribution in [0.15, 0.2) is 18.2 Å². The van der Waals surface area contributed by atoms with Crippen LogP contribution in [-0.4, -0.2) is 17.3 Å². The summed E-state index contributed by atoms with van der Waals surface area (Å²) in [4.78, 5) is 0. The van der Waals surface area contributed by atoms with Crippen LogP contribution in [0, 0.1) is 17.6 Å². The molecule has 0 aliphatic carbocycles. The lowest BCUT2D eigenvalue weighted by atomic mass is 9.92. The van der Waals surface area contributed by atoms with Crippen molar-refractivity contribution in [2.45, 2.75) is 26.4 Å². The summed E-state index contributed by atoms with van der Waals surface area (Å²) in [5, 5.41) is 12.5. The van der Waals surface area contributed by atoms with Crippen LogP contribution in [0.3, 0.4) is 0 Å². The van der Waals surface area contributed by atoms with E-state index in [1.165, 1.54) is 18.2 Å². The average Bonchev–Trinajstić information content (AvgIpc) is 2.16. The third-order valence-electron chi connectivity index (χ3n) is 2.83. The normalized spacial score (nSPS) is 14.9. The lowest BCUT2D eigenvalue weighted by Gasteiger charge is -2.28. The number of aliphatic hydroxyl groups is 1. The molecule has 0 saturated carbocycles. The fraction of sp³-hybridized carbons (Fsp3) is 0.500. The van der Waals surface area contributed by atoms with E-state index in [1.54, 1.807) is 6.92 Å². The van der Waals surface area contributed by atoms with Crippen LogP contribution in [-0.2, 0) is 0 Å². The lowest BCUT2D eigenvalue weighted by Crippen LogP contribution is -2.39. The number of halogens is 2. The summed E-state index contributed by atoms with van der Waals surface area (Å²) < 4.78 is 26.5. The molecule has 0 amide bonds. The first-order valence-corrected chi connectivity index (χ1v) is 5.25. The van der Waals surface area contributed by atoms with Crippen molar-refractivity contribution in [3.8, 4) is 0 Å². The van der Waals surface area contributed by atoms with Gasteiger partial charge in [-0.05, 0) is 25.0 Å². The highest BCUT2D eigenvalue weighted by atomic mass is 19.1. The third-order valence-corrected chi connectivity index (χ3v) is 2.83. The Hall–Kier alpha value is -1.16. The predicted molar refractivity (Wildman–Crippen MR) is 60.3 cm³/mol. The van der Waals surface area contributed by atoms with E-state index in [0.29, 0.717) is 0 Å². The van der Waals surface area contributed by atoms with Crippen LogP contribution in [0.5, 0.6) is 0 Å². The van der Waals surface area contributed by atoms with Gasteiger partial charge in [0.1, 0.15) is 17.3 Å². The van der Waals surface area contributed by atoms with Crippen LogP contribution >= 0.6 is 0 Å². The van der Waals surface area contributed by atoms with Crippen molar-refractivity contribution in [1.29, 1.82) is 0 Å². The van der Waals surface area contributed by atoms with Gasteiger partial charge in [-0.15, -0.1) is 0 Å². The monoisotopic (exact) mass is 229 g/mol. The molecular weight excluding hydrogens is 212 g/mol. The van der Waals surface area contributed by atoms with E-state index in [1.807, 2.05) is 13.8 Å². The van der Waals surface area contributed by atoms with Gasteiger partial charge in [0.05, 0.1) is 5.60 Å². The Morgan fingerprint density at radius 3 is 2.25 bits per heavy atom. The maximum atomic E-state index is 13.2. The van der Waals surface area contributed by atoms with Gasteiger partial charge in [0.2, 0.25) is 0 Å². The topological polar surface area (TPSA) is 32.3 Å². The van der Waals surface area contributed by atoms with Gasteiger partial charge in [-0.3, -0.25) is 0 Å². The summed E-state index contributed by atoms with van der Waals surface area (Å²) in [6, 6.07) is 3.65. The molecule has 0 heterocycles. The van der Waals surface area contributed by atoms with Crippen molar-refractivity contribution >= 4 is 5.69 Å². The first-order valence-electron chi connectivity index (χ1n) is 5.25. The van der Waals surface area contributed by atoms with Gasteiger partial charge < -0.3 is 10.4 Å². The van der Waals surface area contributed by atoms with Gasteiger partial charge >= 0.3 is 0 Å². The molecule has 0 fully saturated rings. The van der Waals surface area contributed by atoms with E-state index >= 15 is 0 Å². The van der Waals surface area contributed by atoms with E-state index in [-0.39, 0.29) is 18.2 Å². The van der Waals surface area contributed by atoms with E-state index in [0.717, 1.165) is 0 Å². The summed E-state index contributed by atoms with van der Waals surface area (Å²) in [6.07, 6.45) is 0. The van der Waals surface area contributed by atoms with Crippen LogP contribution in [0.4, 0.5) is 14.5 Å². The van der Waals surface area contributed by atoms with Crippen molar-refractivity contribution < 1.29 is 13.9 Å². The number of rotatable bonds is 4. The maximum absolute atomic E-state index is 13.2. The molecule has 0 spiro atoms. The number of hydrogen-bond donors (Lipinski definition) is 2. The molecular formula is C12H17F2NO. The highest BCUT2D eigenvalue weighted by molar-refractivity contribution is 5.46. The molecule has 90 valence electrons. The molecule has 1 aromatic carbocycles. The molecule has 0 saturated heterocycles. The zero-order chi connectivity index (χ0) is 12.3. The third kappa shape index (κ3) is 2.92. The highest BCUT2D eigenvalue weighted by Gasteiger charge is 2.25. The maximum Gasteiger partial charge on any atom is 0.149 e. The molecule has 16 heavy (non-hydrogen) atoms. The Balaban J connectivity index is 2.75. The average molecular weight is 229 g/mol. The van der Waals surface area contributed by atoms with Crippen LogP contribution in [0.2, 0.25) is 0 Å². The summed E-state index contributed by atoms with van der Waals surface area (Å²) >= 11 is 0. The van der Waals surface area contributed by atoms with E-state index < -0.39 is 17.2 Å². The Labute approximate surface area is 94.3 Å². The zero-order valence-corrected chi connectivity index (χ0v) is 9.72. The Morgan fingerprint density at radius 1 is 1.31 bits per heavy atom. The molecule has 2 nitrogen and oxygen atoms in total. The predicted octanol–water partition coefficient (Wildman–Crippen LogP) is 2.78. The first kappa shape index (κ1) is 12.9. The molecule has 4 heteroatoms. The Kier molecular flexibility index (Phi) is 3.86. The SMILES string of the molecule is CC(C)C(C)(O)CNc1c(F)cccc1F. The molecule has 2 N–H and O–H groups in total. The minimum atomic E-state index is -1.01. The minimum Gasteiger partial charge on any atom is -0.388 e.